The molecule has 1 heterocycles. The summed E-state index contributed by atoms with van der Waals surface area (Å²) in [6, 6.07) is 3.17. The molecule has 4 unspecified atom stereocenters. The summed E-state index contributed by atoms with van der Waals surface area (Å²) in [7, 11) is 1.40. The maximum absolute atomic E-state index is 13.7. The van der Waals surface area contributed by atoms with Gasteiger partial charge in [-0.15, -0.1) is 0 Å². The van der Waals surface area contributed by atoms with Crippen LogP contribution in [0.15, 0.2) is 46.6 Å². The third kappa shape index (κ3) is 3.39. The molecule has 4 aliphatic rings. The predicted molar refractivity (Wildman–Crippen MR) is 133 cm³/mol. The standard InChI is InChI=1S/C28H28ClNO6/c1-12-8-19(31)23-17(24(12)32)11-16-14(21(23)13-9-18(29)25(33)20(10-13)36-5)6-7-15-22(16)27(35)30(26(15)34)28(2,3)4/h6,8-10,15-16,21-22,33H,7,11H2,1-5H3. The Morgan fingerprint density at radius 3 is 2.42 bits per heavy atom. The molecule has 1 saturated heterocycles. The van der Waals surface area contributed by atoms with Crippen LogP contribution in [0.2, 0.25) is 5.02 Å². The van der Waals surface area contributed by atoms with Gasteiger partial charge in [-0.25, -0.2) is 0 Å². The number of hydrogen-bond donors (Lipinski definition) is 1. The number of carbonyl (C=O) groups is 4. The van der Waals surface area contributed by atoms with Gasteiger partial charge < -0.3 is 9.84 Å². The highest BCUT2D eigenvalue weighted by Gasteiger charge is 2.58. The predicted octanol–water partition coefficient (Wildman–Crippen LogP) is 4.28. The Balaban J connectivity index is 1.71. The van der Waals surface area contributed by atoms with Crippen molar-refractivity contribution in [1.82, 2.24) is 4.90 Å². The second-order valence-corrected chi connectivity index (χ2v) is 11.4. The van der Waals surface area contributed by atoms with E-state index in [-0.39, 0.29) is 46.3 Å². The van der Waals surface area contributed by atoms with E-state index < -0.39 is 29.2 Å². The quantitative estimate of drug-likeness (QED) is 0.363. The van der Waals surface area contributed by atoms with Gasteiger partial charge in [-0.1, -0.05) is 23.3 Å². The third-order valence-electron chi connectivity index (χ3n) is 7.84. The van der Waals surface area contributed by atoms with E-state index in [0.717, 1.165) is 5.57 Å². The average Bonchev–Trinajstić information content (AvgIpc) is 3.08. The summed E-state index contributed by atoms with van der Waals surface area (Å²) >= 11 is 6.32. The number of imide groups is 1. The second kappa shape index (κ2) is 8.17. The van der Waals surface area contributed by atoms with Crippen LogP contribution in [0.5, 0.6) is 11.5 Å². The number of nitrogens with zero attached hydrogens (tertiary/aromatic N) is 1. The summed E-state index contributed by atoms with van der Waals surface area (Å²) in [4.78, 5) is 55.0. The zero-order valence-corrected chi connectivity index (χ0v) is 21.6. The van der Waals surface area contributed by atoms with Gasteiger partial charge >= 0.3 is 0 Å². The number of carbonyl (C=O) groups excluding carboxylic acids is 4. The van der Waals surface area contributed by atoms with E-state index in [1.165, 1.54) is 18.1 Å². The van der Waals surface area contributed by atoms with Crippen molar-refractivity contribution in [3.8, 4) is 11.5 Å². The zero-order valence-electron chi connectivity index (χ0n) is 20.8. The topological polar surface area (TPSA) is 101 Å². The largest absolute Gasteiger partial charge is 0.503 e. The fourth-order valence-corrected chi connectivity index (χ4v) is 6.56. The Bertz CT molecular complexity index is 1340. The first-order chi connectivity index (χ1) is 16.9. The number of phenols is 1. The molecule has 5 rings (SSSR count). The number of amides is 2. The van der Waals surface area contributed by atoms with Crippen molar-refractivity contribution in [3.63, 3.8) is 0 Å². The molecule has 1 aromatic rings. The van der Waals surface area contributed by atoms with Gasteiger partial charge in [0.1, 0.15) is 0 Å². The van der Waals surface area contributed by atoms with Crippen molar-refractivity contribution < 1.29 is 29.0 Å². The first kappa shape index (κ1) is 24.5. The molecule has 1 N–H and O–H groups in total. The monoisotopic (exact) mass is 509 g/mol. The maximum atomic E-state index is 13.7. The van der Waals surface area contributed by atoms with E-state index in [4.69, 9.17) is 16.3 Å². The van der Waals surface area contributed by atoms with Crippen LogP contribution in [-0.4, -0.2) is 46.0 Å². The SMILES string of the molecule is COc1cc(C2C3=CCC4C(=O)N(C(C)(C)C)C(=O)C4C3CC3=C2C(=O)C=C(C)C3=O)cc(Cl)c1O. The highest BCUT2D eigenvalue weighted by Crippen LogP contribution is 2.56. The van der Waals surface area contributed by atoms with Crippen LogP contribution in [0.25, 0.3) is 0 Å². The molecule has 0 spiro atoms. The van der Waals surface area contributed by atoms with E-state index in [2.05, 4.69) is 0 Å². The Labute approximate surface area is 214 Å². The first-order valence-corrected chi connectivity index (χ1v) is 12.4. The van der Waals surface area contributed by atoms with Gasteiger partial charge in [-0.2, -0.15) is 0 Å². The second-order valence-electron chi connectivity index (χ2n) is 11.0. The summed E-state index contributed by atoms with van der Waals surface area (Å²) < 4.78 is 5.31. The highest BCUT2D eigenvalue weighted by molar-refractivity contribution is 6.32. The molecule has 1 aliphatic heterocycles. The molecule has 7 nitrogen and oxygen atoms in total. The zero-order chi connectivity index (χ0) is 26.3. The number of phenolic OH excluding ortho intramolecular Hbond substituents is 1. The van der Waals surface area contributed by atoms with E-state index in [1.54, 1.807) is 19.1 Å². The summed E-state index contributed by atoms with van der Waals surface area (Å²) in [5, 5.41) is 10.4. The van der Waals surface area contributed by atoms with Crippen molar-refractivity contribution in [2.24, 2.45) is 17.8 Å². The molecule has 36 heavy (non-hydrogen) atoms. The van der Waals surface area contributed by atoms with Crippen LogP contribution < -0.4 is 4.74 Å². The van der Waals surface area contributed by atoms with Gasteiger partial charge in [-0.05, 0) is 70.2 Å². The summed E-state index contributed by atoms with van der Waals surface area (Å²) in [6.45, 7) is 7.11. The molecule has 0 radical (unpaired) electrons. The van der Waals surface area contributed by atoms with Gasteiger partial charge in [0.25, 0.3) is 0 Å². The third-order valence-corrected chi connectivity index (χ3v) is 8.13. The number of ether oxygens (including phenoxy) is 1. The number of fused-ring (bicyclic) bond motifs is 3. The molecular weight excluding hydrogens is 482 g/mol. The average molecular weight is 510 g/mol. The maximum Gasteiger partial charge on any atom is 0.234 e. The van der Waals surface area contributed by atoms with Crippen molar-refractivity contribution >= 4 is 35.0 Å². The lowest BCUT2D eigenvalue weighted by Crippen LogP contribution is -2.46. The number of Topliss-reactive ketones (excluding diaryl/α,β-unsaturated/α-hetero) is 1. The van der Waals surface area contributed by atoms with Crippen LogP contribution in [0.1, 0.15) is 52.0 Å². The Kier molecular flexibility index (Phi) is 5.56. The minimum atomic E-state index is -0.669. The normalized spacial score (nSPS) is 28.0. The molecule has 1 aromatic carbocycles. The van der Waals surface area contributed by atoms with Crippen molar-refractivity contribution in [3.05, 3.63) is 57.2 Å². The summed E-state index contributed by atoms with van der Waals surface area (Å²) in [6.07, 6.45) is 3.89. The Hall–Kier alpha value is -3.19. The van der Waals surface area contributed by atoms with Crippen molar-refractivity contribution in [2.75, 3.05) is 7.11 Å². The lowest BCUT2D eigenvalue weighted by atomic mass is 9.59. The molecule has 8 heteroatoms. The fourth-order valence-electron chi connectivity index (χ4n) is 6.34. The minimum absolute atomic E-state index is 0.0512. The van der Waals surface area contributed by atoms with E-state index in [1.807, 2.05) is 26.8 Å². The molecule has 4 atom stereocenters. The number of methoxy groups -OCH3 is 1. The van der Waals surface area contributed by atoms with Gasteiger partial charge in [0.2, 0.25) is 11.8 Å². The Morgan fingerprint density at radius 1 is 1.08 bits per heavy atom. The number of allylic oxidation sites excluding steroid dienone is 6. The molecule has 0 bridgehead atoms. The van der Waals surface area contributed by atoms with Crippen LogP contribution in [-0.2, 0) is 19.2 Å². The number of likely N-dealkylation sites (tertiary alicyclic amines) is 1. The van der Waals surface area contributed by atoms with Crippen molar-refractivity contribution in [2.45, 2.75) is 52.0 Å². The molecule has 0 aromatic heterocycles. The minimum Gasteiger partial charge on any atom is -0.503 e. The smallest absolute Gasteiger partial charge is 0.234 e. The molecule has 1 fully saturated rings. The number of aromatic hydroxyl groups is 1. The van der Waals surface area contributed by atoms with Crippen molar-refractivity contribution in [1.29, 1.82) is 0 Å². The fraction of sp³-hybridized carbons (Fsp3) is 0.429. The molecule has 3 aliphatic carbocycles. The first-order valence-electron chi connectivity index (χ1n) is 12.0. The lowest BCUT2D eigenvalue weighted by Gasteiger charge is -2.42. The number of ketones is 2. The highest BCUT2D eigenvalue weighted by atomic mass is 35.5. The van der Waals surface area contributed by atoms with Gasteiger partial charge in [-0.3, -0.25) is 24.1 Å². The van der Waals surface area contributed by atoms with Gasteiger partial charge in [0.05, 0.1) is 24.0 Å². The van der Waals surface area contributed by atoms with E-state index in [0.29, 0.717) is 28.7 Å². The molecule has 2 amide bonds. The van der Waals surface area contributed by atoms with Crippen LogP contribution in [0.4, 0.5) is 0 Å². The lowest BCUT2D eigenvalue weighted by molar-refractivity contribution is -0.145. The number of hydrogen-bond acceptors (Lipinski definition) is 6. The van der Waals surface area contributed by atoms with E-state index >= 15 is 0 Å². The summed E-state index contributed by atoms with van der Waals surface area (Å²) in [5.74, 6) is -3.19. The van der Waals surface area contributed by atoms with Crippen LogP contribution >= 0.6 is 11.6 Å². The van der Waals surface area contributed by atoms with Crippen LogP contribution in [0, 0.1) is 17.8 Å². The molecule has 188 valence electrons. The van der Waals surface area contributed by atoms with Crippen LogP contribution in [0.3, 0.4) is 0 Å². The summed E-state index contributed by atoms with van der Waals surface area (Å²) in [5.41, 5.74) is 1.83. The number of benzene rings is 1. The van der Waals surface area contributed by atoms with Gasteiger partial charge in [0, 0.05) is 28.2 Å². The molecule has 0 saturated carbocycles. The van der Waals surface area contributed by atoms with Gasteiger partial charge in [0.15, 0.2) is 23.1 Å². The number of rotatable bonds is 2. The van der Waals surface area contributed by atoms with E-state index in [9.17, 15) is 24.3 Å². The number of halogens is 1. The molecular formula is C28H28ClNO6. The Morgan fingerprint density at radius 2 is 1.78 bits per heavy atom.